The minimum atomic E-state index is 0.328. The summed E-state index contributed by atoms with van der Waals surface area (Å²) in [6.45, 7) is 2.17. The molecule has 0 spiro atoms. The zero-order valence-corrected chi connectivity index (χ0v) is 9.48. The van der Waals surface area contributed by atoms with E-state index in [1.165, 1.54) is 16.7 Å². The molecule has 0 fully saturated rings. The van der Waals surface area contributed by atoms with E-state index in [4.69, 9.17) is 0 Å². The summed E-state index contributed by atoms with van der Waals surface area (Å²) < 4.78 is 0. The molecule has 0 aromatic heterocycles. The van der Waals surface area contributed by atoms with Crippen molar-refractivity contribution in [1.29, 1.82) is 0 Å². The predicted molar refractivity (Wildman–Crippen MR) is 67.4 cm³/mol. The standard InChI is InChI=1S/C15H16O/c1-12(14-5-3-2-4-6-14)11-13-7-9-15(16)10-8-13/h2-5,7-10,16H,6,11H2,1H3. The first-order chi connectivity index (χ1) is 7.75. The van der Waals surface area contributed by atoms with Crippen molar-refractivity contribution in [2.24, 2.45) is 0 Å². The van der Waals surface area contributed by atoms with Crippen LogP contribution in [0.25, 0.3) is 0 Å². The number of phenols is 1. The highest BCUT2D eigenvalue weighted by Gasteiger charge is 2.02. The fraction of sp³-hybridized carbons (Fsp3) is 0.200. The number of phenolic OH excluding ortho intramolecular Hbond substituents is 1. The molecule has 82 valence electrons. The van der Waals surface area contributed by atoms with E-state index in [9.17, 15) is 5.11 Å². The van der Waals surface area contributed by atoms with Crippen LogP contribution in [-0.4, -0.2) is 5.11 Å². The summed E-state index contributed by atoms with van der Waals surface area (Å²) in [6, 6.07) is 7.43. The van der Waals surface area contributed by atoms with Crippen LogP contribution in [0.5, 0.6) is 5.75 Å². The molecule has 16 heavy (non-hydrogen) atoms. The van der Waals surface area contributed by atoms with E-state index in [0.29, 0.717) is 5.75 Å². The quantitative estimate of drug-likeness (QED) is 0.791. The molecule has 0 bridgehead atoms. The lowest BCUT2D eigenvalue weighted by Crippen LogP contribution is -1.92. The zero-order valence-electron chi connectivity index (χ0n) is 9.48. The number of allylic oxidation sites excluding steroid dienone is 6. The molecule has 0 heterocycles. The van der Waals surface area contributed by atoms with Gasteiger partial charge in [-0.25, -0.2) is 0 Å². The molecular weight excluding hydrogens is 196 g/mol. The molecule has 1 aliphatic carbocycles. The average molecular weight is 212 g/mol. The van der Waals surface area contributed by atoms with Gasteiger partial charge in [-0.05, 0) is 43.0 Å². The van der Waals surface area contributed by atoms with Crippen molar-refractivity contribution >= 4 is 0 Å². The SMILES string of the molecule is CC(Cc1ccc(O)cc1)=C1C=CC=CC1. The zero-order chi connectivity index (χ0) is 11.4. The van der Waals surface area contributed by atoms with E-state index < -0.39 is 0 Å². The van der Waals surface area contributed by atoms with E-state index in [-0.39, 0.29) is 0 Å². The van der Waals surface area contributed by atoms with Gasteiger partial charge in [-0.1, -0.05) is 42.0 Å². The topological polar surface area (TPSA) is 20.2 Å². The fourth-order valence-corrected chi connectivity index (χ4v) is 1.86. The van der Waals surface area contributed by atoms with Crippen LogP contribution >= 0.6 is 0 Å². The van der Waals surface area contributed by atoms with Gasteiger partial charge in [-0.2, -0.15) is 0 Å². The van der Waals surface area contributed by atoms with Gasteiger partial charge in [0.25, 0.3) is 0 Å². The minimum absolute atomic E-state index is 0.328. The molecule has 1 heteroatoms. The Hall–Kier alpha value is -1.76. The maximum absolute atomic E-state index is 9.21. The fourth-order valence-electron chi connectivity index (χ4n) is 1.86. The normalized spacial score (nSPS) is 17.6. The van der Waals surface area contributed by atoms with Crippen LogP contribution in [0.1, 0.15) is 18.9 Å². The van der Waals surface area contributed by atoms with Crippen LogP contribution in [-0.2, 0) is 6.42 Å². The highest BCUT2D eigenvalue weighted by molar-refractivity contribution is 5.36. The van der Waals surface area contributed by atoms with Crippen LogP contribution in [0.3, 0.4) is 0 Å². The Morgan fingerprint density at radius 2 is 1.94 bits per heavy atom. The third-order valence-corrected chi connectivity index (χ3v) is 2.84. The summed E-state index contributed by atoms with van der Waals surface area (Å²) in [5, 5.41) is 9.21. The maximum atomic E-state index is 9.21. The summed E-state index contributed by atoms with van der Waals surface area (Å²) in [5.41, 5.74) is 4.03. The molecule has 0 aliphatic heterocycles. The lowest BCUT2D eigenvalue weighted by molar-refractivity contribution is 0.475. The van der Waals surface area contributed by atoms with Gasteiger partial charge in [0.15, 0.2) is 0 Å². The molecule has 0 atom stereocenters. The number of rotatable bonds is 2. The van der Waals surface area contributed by atoms with Crippen molar-refractivity contribution in [3.05, 3.63) is 65.3 Å². The van der Waals surface area contributed by atoms with Crippen molar-refractivity contribution in [1.82, 2.24) is 0 Å². The smallest absolute Gasteiger partial charge is 0.115 e. The monoisotopic (exact) mass is 212 g/mol. The van der Waals surface area contributed by atoms with Crippen molar-refractivity contribution in [3.8, 4) is 5.75 Å². The lowest BCUT2D eigenvalue weighted by atomic mass is 9.97. The summed E-state index contributed by atoms with van der Waals surface area (Å²) in [5.74, 6) is 0.328. The first-order valence-corrected chi connectivity index (χ1v) is 5.55. The van der Waals surface area contributed by atoms with Gasteiger partial charge in [0.2, 0.25) is 0 Å². The van der Waals surface area contributed by atoms with Gasteiger partial charge >= 0.3 is 0 Å². The average Bonchev–Trinajstić information content (AvgIpc) is 2.33. The molecular formula is C15H16O. The summed E-state index contributed by atoms with van der Waals surface area (Å²) in [4.78, 5) is 0. The third-order valence-electron chi connectivity index (χ3n) is 2.84. The molecule has 2 rings (SSSR count). The Morgan fingerprint density at radius 3 is 2.56 bits per heavy atom. The molecule has 1 N–H and O–H groups in total. The molecule has 0 unspecified atom stereocenters. The molecule has 0 saturated carbocycles. The predicted octanol–water partition coefficient (Wildman–Crippen LogP) is 3.77. The van der Waals surface area contributed by atoms with Crippen molar-refractivity contribution in [2.45, 2.75) is 19.8 Å². The first kappa shape index (κ1) is 10.7. The number of aromatic hydroxyl groups is 1. The van der Waals surface area contributed by atoms with Crippen molar-refractivity contribution < 1.29 is 5.11 Å². The van der Waals surface area contributed by atoms with Gasteiger partial charge in [0.1, 0.15) is 5.75 Å². The Morgan fingerprint density at radius 1 is 1.19 bits per heavy atom. The second kappa shape index (κ2) is 4.84. The van der Waals surface area contributed by atoms with Crippen molar-refractivity contribution in [2.75, 3.05) is 0 Å². The molecule has 1 aromatic carbocycles. The van der Waals surface area contributed by atoms with Crippen molar-refractivity contribution in [3.63, 3.8) is 0 Å². The van der Waals surface area contributed by atoms with E-state index in [0.717, 1.165) is 12.8 Å². The lowest BCUT2D eigenvalue weighted by Gasteiger charge is -2.09. The van der Waals surface area contributed by atoms with Crippen LogP contribution in [0.2, 0.25) is 0 Å². The van der Waals surface area contributed by atoms with Crippen LogP contribution in [0.4, 0.5) is 0 Å². The third kappa shape index (κ3) is 2.63. The van der Waals surface area contributed by atoms with E-state index >= 15 is 0 Å². The van der Waals surface area contributed by atoms with E-state index in [1.54, 1.807) is 12.1 Å². The first-order valence-electron chi connectivity index (χ1n) is 5.55. The van der Waals surface area contributed by atoms with Crippen LogP contribution in [0, 0.1) is 0 Å². The molecule has 1 nitrogen and oxygen atoms in total. The Labute approximate surface area is 96.4 Å². The van der Waals surface area contributed by atoms with E-state index in [1.807, 2.05) is 12.1 Å². The summed E-state index contributed by atoms with van der Waals surface area (Å²) in [7, 11) is 0. The number of hydrogen-bond acceptors (Lipinski definition) is 1. The Kier molecular flexibility index (Phi) is 3.25. The number of hydrogen-bond donors (Lipinski definition) is 1. The summed E-state index contributed by atoms with van der Waals surface area (Å²) >= 11 is 0. The van der Waals surface area contributed by atoms with Gasteiger partial charge in [0, 0.05) is 0 Å². The largest absolute Gasteiger partial charge is 0.508 e. The van der Waals surface area contributed by atoms with Crippen LogP contribution < -0.4 is 0 Å². The molecule has 0 amide bonds. The Bertz CT molecular complexity index is 447. The van der Waals surface area contributed by atoms with Gasteiger partial charge in [-0.15, -0.1) is 0 Å². The number of benzene rings is 1. The minimum Gasteiger partial charge on any atom is -0.508 e. The highest BCUT2D eigenvalue weighted by atomic mass is 16.3. The highest BCUT2D eigenvalue weighted by Crippen LogP contribution is 2.19. The second-order valence-corrected chi connectivity index (χ2v) is 4.14. The van der Waals surface area contributed by atoms with Gasteiger partial charge in [-0.3, -0.25) is 0 Å². The second-order valence-electron chi connectivity index (χ2n) is 4.14. The molecule has 1 aliphatic rings. The summed E-state index contributed by atoms with van der Waals surface area (Å²) in [6.07, 6.45) is 10.5. The Balaban J connectivity index is 2.12. The van der Waals surface area contributed by atoms with Gasteiger partial charge < -0.3 is 5.11 Å². The maximum Gasteiger partial charge on any atom is 0.115 e. The molecule has 0 radical (unpaired) electrons. The van der Waals surface area contributed by atoms with Gasteiger partial charge in [0.05, 0.1) is 0 Å². The van der Waals surface area contributed by atoms with E-state index in [2.05, 4.69) is 31.2 Å². The molecule has 1 aromatic rings. The molecule has 0 saturated heterocycles. The van der Waals surface area contributed by atoms with Crippen LogP contribution in [0.15, 0.2) is 59.7 Å².